The molecule has 1 aromatic heterocycles. The first-order chi connectivity index (χ1) is 17.2. The number of rotatable bonds is 3. The molecule has 0 fully saturated rings. The fourth-order valence-electron chi connectivity index (χ4n) is 5.37. The molecule has 2 nitrogen and oxygen atoms in total. The van der Waals surface area contributed by atoms with Crippen molar-refractivity contribution in [1.29, 1.82) is 0 Å². The zero-order chi connectivity index (χ0) is 23.5. The topological polar surface area (TPSA) is 25.2 Å². The Bertz CT molecular complexity index is 1890. The second-order valence-corrected chi connectivity index (χ2v) is 9.70. The smallest absolute Gasteiger partial charge is 0.137 e. The van der Waals surface area contributed by atoms with E-state index in [-0.39, 0.29) is 0 Å². The molecule has 0 aliphatic heterocycles. The molecule has 0 spiro atoms. The van der Waals surface area contributed by atoms with Gasteiger partial charge in [0.15, 0.2) is 0 Å². The second kappa shape index (κ2) is 7.61. The van der Waals surface area contributed by atoms with E-state index in [9.17, 15) is 0 Å². The molecular weight excluding hydrogens is 426 g/mol. The normalized spacial score (nSPS) is 12.0. The molecule has 0 amide bonds. The highest BCUT2D eigenvalue weighted by molar-refractivity contribution is 6.28. The predicted octanol–water partition coefficient (Wildman–Crippen LogP) is 9.91. The standard InChI is InChI=1S/C33H25NO/c1-20(2)21-11-13-22(14-12-21)34-23-15-16-28-31-18-29-26-9-5-3-7-24(26)25-8-4-6-10-27(25)30(29)19-33(31)35-32(28)17-23/h3-20,34H,1-2H3. The highest BCUT2D eigenvalue weighted by atomic mass is 16.3. The van der Waals surface area contributed by atoms with E-state index in [4.69, 9.17) is 4.42 Å². The van der Waals surface area contributed by atoms with Crippen molar-refractivity contribution in [3.63, 3.8) is 0 Å². The molecule has 0 atom stereocenters. The van der Waals surface area contributed by atoms with Gasteiger partial charge in [0.2, 0.25) is 0 Å². The Morgan fingerprint density at radius 1 is 0.486 bits per heavy atom. The van der Waals surface area contributed by atoms with Gasteiger partial charge in [-0.2, -0.15) is 0 Å². The third-order valence-corrected chi connectivity index (χ3v) is 7.20. The summed E-state index contributed by atoms with van der Waals surface area (Å²) in [5, 5.41) is 13.4. The molecule has 168 valence electrons. The Hall–Kier alpha value is -4.30. The summed E-state index contributed by atoms with van der Waals surface area (Å²) in [6.07, 6.45) is 0. The fourth-order valence-corrected chi connectivity index (χ4v) is 5.37. The van der Waals surface area contributed by atoms with Gasteiger partial charge in [0, 0.05) is 28.2 Å². The third-order valence-electron chi connectivity index (χ3n) is 7.20. The van der Waals surface area contributed by atoms with E-state index in [1.807, 2.05) is 0 Å². The predicted molar refractivity (Wildman–Crippen MR) is 150 cm³/mol. The van der Waals surface area contributed by atoms with E-state index in [1.165, 1.54) is 37.9 Å². The molecule has 0 bridgehead atoms. The van der Waals surface area contributed by atoms with Crippen molar-refractivity contribution in [3.05, 3.63) is 109 Å². The van der Waals surface area contributed by atoms with Crippen LogP contribution in [0.25, 0.3) is 54.3 Å². The van der Waals surface area contributed by atoms with Gasteiger partial charge in [-0.25, -0.2) is 0 Å². The van der Waals surface area contributed by atoms with E-state index in [0.29, 0.717) is 5.92 Å². The van der Waals surface area contributed by atoms with Crippen molar-refractivity contribution in [3.8, 4) is 0 Å². The molecule has 0 radical (unpaired) electrons. The molecule has 0 aliphatic rings. The van der Waals surface area contributed by atoms with Crippen LogP contribution >= 0.6 is 0 Å². The van der Waals surface area contributed by atoms with Crippen LogP contribution < -0.4 is 5.32 Å². The van der Waals surface area contributed by atoms with Crippen LogP contribution in [0.3, 0.4) is 0 Å². The number of nitrogens with one attached hydrogen (secondary N) is 1. The minimum absolute atomic E-state index is 0.528. The maximum Gasteiger partial charge on any atom is 0.137 e. The molecule has 1 N–H and O–H groups in total. The zero-order valence-corrected chi connectivity index (χ0v) is 19.8. The molecule has 35 heavy (non-hydrogen) atoms. The molecule has 0 saturated heterocycles. The summed E-state index contributed by atoms with van der Waals surface area (Å²) in [6, 6.07) is 36.9. The number of fused-ring (bicyclic) bond motifs is 9. The van der Waals surface area contributed by atoms with Crippen LogP contribution in [-0.2, 0) is 0 Å². The van der Waals surface area contributed by atoms with Crippen molar-refractivity contribution in [2.75, 3.05) is 5.32 Å². The lowest BCUT2D eigenvalue weighted by atomic mass is 9.93. The number of hydrogen-bond donors (Lipinski definition) is 1. The van der Waals surface area contributed by atoms with Gasteiger partial charge < -0.3 is 9.73 Å². The van der Waals surface area contributed by atoms with Gasteiger partial charge in [-0.3, -0.25) is 0 Å². The maximum absolute atomic E-state index is 6.41. The summed E-state index contributed by atoms with van der Waals surface area (Å²) in [5.74, 6) is 0.528. The van der Waals surface area contributed by atoms with Crippen LogP contribution in [0.15, 0.2) is 108 Å². The van der Waals surface area contributed by atoms with Gasteiger partial charge >= 0.3 is 0 Å². The average Bonchev–Trinajstić information content (AvgIpc) is 3.25. The Morgan fingerprint density at radius 3 is 1.66 bits per heavy atom. The van der Waals surface area contributed by atoms with Crippen molar-refractivity contribution >= 4 is 65.6 Å². The summed E-state index contributed by atoms with van der Waals surface area (Å²) in [7, 11) is 0. The number of benzene rings is 6. The van der Waals surface area contributed by atoms with E-state index < -0.39 is 0 Å². The molecule has 2 heteroatoms. The molecule has 7 rings (SSSR count). The van der Waals surface area contributed by atoms with Crippen LogP contribution in [0.5, 0.6) is 0 Å². The minimum atomic E-state index is 0.528. The molecule has 6 aromatic carbocycles. The van der Waals surface area contributed by atoms with Crippen molar-refractivity contribution in [2.45, 2.75) is 19.8 Å². The van der Waals surface area contributed by atoms with Gasteiger partial charge in [0.25, 0.3) is 0 Å². The maximum atomic E-state index is 6.41. The Balaban J connectivity index is 1.41. The first-order valence-electron chi connectivity index (χ1n) is 12.2. The molecule has 0 aliphatic carbocycles. The monoisotopic (exact) mass is 451 g/mol. The second-order valence-electron chi connectivity index (χ2n) is 9.70. The number of anilines is 2. The van der Waals surface area contributed by atoms with Crippen LogP contribution in [0, 0.1) is 0 Å². The lowest BCUT2D eigenvalue weighted by Crippen LogP contribution is -1.91. The lowest BCUT2D eigenvalue weighted by molar-refractivity contribution is 0.669. The molecular formula is C33H25NO. The van der Waals surface area contributed by atoms with Gasteiger partial charge in [0.1, 0.15) is 11.2 Å². The minimum Gasteiger partial charge on any atom is -0.456 e. The largest absolute Gasteiger partial charge is 0.456 e. The lowest BCUT2D eigenvalue weighted by Gasteiger charge is -2.10. The molecule has 1 heterocycles. The first-order valence-corrected chi connectivity index (χ1v) is 12.2. The van der Waals surface area contributed by atoms with Gasteiger partial charge in [-0.05, 0) is 80.2 Å². The quantitative estimate of drug-likeness (QED) is 0.270. The summed E-state index contributed by atoms with van der Waals surface area (Å²) in [5.41, 5.74) is 5.26. The summed E-state index contributed by atoms with van der Waals surface area (Å²) in [6.45, 7) is 4.43. The highest BCUT2D eigenvalue weighted by Crippen LogP contribution is 2.40. The average molecular weight is 452 g/mol. The Labute approximate surface area is 203 Å². The van der Waals surface area contributed by atoms with Gasteiger partial charge in [-0.15, -0.1) is 0 Å². The third kappa shape index (κ3) is 3.18. The molecule has 0 unspecified atom stereocenters. The highest BCUT2D eigenvalue weighted by Gasteiger charge is 2.14. The Morgan fingerprint density at radius 2 is 1.03 bits per heavy atom. The summed E-state index contributed by atoms with van der Waals surface area (Å²) < 4.78 is 6.41. The SMILES string of the molecule is CC(C)c1ccc(Nc2ccc3c(c2)oc2cc4c5ccccc5c5ccccc5c4cc23)cc1. The molecule has 0 saturated carbocycles. The van der Waals surface area contributed by atoms with E-state index >= 15 is 0 Å². The van der Waals surface area contributed by atoms with Crippen LogP contribution in [0.1, 0.15) is 25.3 Å². The zero-order valence-electron chi connectivity index (χ0n) is 19.8. The number of furan rings is 1. The van der Waals surface area contributed by atoms with Gasteiger partial charge in [-0.1, -0.05) is 74.5 Å². The number of hydrogen-bond acceptors (Lipinski definition) is 2. The van der Waals surface area contributed by atoms with E-state index in [2.05, 4.69) is 122 Å². The van der Waals surface area contributed by atoms with Crippen LogP contribution in [0.4, 0.5) is 11.4 Å². The summed E-state index contributed by atoms with van der Waals surface area (Å²) >= 11 is 0. The van der Waals surface area contributed by atoms with Crippen LogP contribution in [0.2, 0.25) is 0 Å². The van der Waals surface area contributed by atoms with Crippen LogP contribution in [-0.4, -0.2) is 0 Å². The van der Waals surface area contributed by atoms with Crippen molar-refractivity contribution < 1.29 is 4.42 Å². The first kappa shape index (κ1) is 20.1. The van der Waals surface area contributed by atoms with E-state index in [0.717, 1.165) is 33.3 Å². The van der Waals surface area contributed by atoms with Crippen molar-refractivity contribution in [1.82, 2.24) is 0 Å². The fraction of sp³-hybridized carbons (Fsp3) is 0.0909. The summed E-state index contributed by atoms with van der Waals surface area (Å²) in [4.78, 5) is 0. The van der Waals surface area contributed by atoms with Crippen molar-refractivity contribution in [2.24, 2.45) is 0 Å². The Kier molecular flexibility index (Phi) is 4.37. The molecule has 7 aromatic rings. The van der Waals surface area contributed by atoms with E-state index in [1.54, 1.807) is 0 Å². The van der Waals surface area contributed by atoms with Gasteiger partial charge in [0.05, 0.1) is 0 Å².